The number of benzene rings is 2. The van der Waals surface area contributed by atoms with Gasteiger partial charge in [-0.25, -0.2) is 8.42 Å². The molecule has 8 heteroatoms. The Morgan fingerprint density at radius 1 is 1.11 bits per heavy atom. The first-order valence-electron chi connectivity index (χ1n) is 8.40. The first-order valence-corrected chi connectivity index (χ1v) is 9.84. The molecule has 0 fully saturated rings. The number of nitrogens with zero attached hydrogens (tertiary/aromatic N) is 2. The zero-order chi connectivity index (χ0) is 19.6. The van der Waals surface area contributed by atoms with Crippen LogP contribution in [0.2, 0.25) is 0 Å². The number of sulfonamides is 1. The van der Waals surface area contributed by atoms with Gasteiger partial charge >= 0.3 is 5.97 Å². The van der Waals surface area contributed by atoms with Crippen molar-refractivity contribution in [3.8, 4) is 0 Å². The van der Waals surface area contributed by atoms with Gasteiger partial charge in [-0.15, -0.1) is 0 Å². The molecule has 7 nitrogen and oxygen atoms in total. The quantitative estimate of drug-likeness (QED) is 0.838. The lowest BCUT2D eigenvalue weighted by Gasteiger charge is -2.33. The fraction of sp³-hybridized carbons (Fsp3) is 0.263. The summed E-state index contributed by atoms with van der Waals surface area (Å²) in [7, 11) is -2.45. The van der Waals surface area contributed by atoms with Gasteiger partial charge in [0.2, 0.25) is 15.9 Å². The fourth-order valence-electron chi connectivity index (χ4n) is 3.16. The molecule has 1 unspecified atom stereocenters. The molecule has 142 valence electrons. The number of rotatable bonds is 5. The van der Waals surface area contributed by atoms with Gasteiger partial charge in [-0.3, -0.25) is 9.59 Å². The summed E-state index contributed by atoms with van der Waals surface area (Å²) in [5.41, 5.74) is 1.46. The van der Waals surface area contributed by atoms with Crippen molar-refractivity contribution in [1.29, 1.82) is 0 Å². The monoisotopic (exact) mass is 388 g/mol. The van der Waals surface area contributed by atoms with Crippen LogP contribution in [0.5, 0.6) is 0 Å². The lowest BCUT2D eigenvalue weighted by atomic mass is 9.90. The summed E-state index contributed by atoms with van der Waals surface area (Å²) < 4.78 is 26.2. The molecular formula is C19H20N2O5S. The second-order valence-electron chi connectivity index (χ2n) is 6.44. The largest absolute Gasteiger partial charge is 0.481 e. The Bertz CT molecular complexity index is 959. The summed E-state index contributed by atoms with van der Waals surface area (Å²) in [6, 6.07) is 15.0. The topological polar surface area (TPSA) is 95.0 Å². The van der Waals surface area contributed by atoms with Crippen molar-refractivity contribution >= 4 is 21.9 Å². The van der Waals surface area contributed by atoms with Gasteiger partial charge in [0.05, 0.1) is 17.4 Å². The lowest BCUT2D eigenvalue weighted by Crippen LogP contribution is -2.45. The van der Waals surface area contributed by atoms with Gasteiger partial charge < -0.3 is 10.0 Å². The maximum atomic E-state index is 12.7. The van der Waals surface area contributed by atoms with Crippen molar-refractivity contribution in [2.24, 2.45) is 0 Å². The molecule has 1 heterocycles. The molecule has 0 aromatic heterocycles. The molecule has 1 atom stereocenters. The third-order valence-corrected chi connectivity index (χ3v) is 6.47. The highest BCUT2D eigenvalue weighted by molar-refractivity contribution is 7.89. The number of likely N-dealkylation sites (N-methyl/N-ethyl adjacent to an activating group) is 1. The molecule has 0 aliphatic carbocycles. The maximum Gasteiger partial charge on any atom is 0.312 e. The summed E-state index contributed by atoms with van der Waals surface area (Å²) in [5, 5.41) is 9.50. The van der Waals surface area contributed by atoms with Crippen LogP contribution < -0.4 is 0 Å². The zero-order valence-electron chi connectivity index (χ0n) is 14.8. The fourth-order valence-corrected chi connectivity index (χ4v) is 4.30. The average molecular weight is 388 g/mol. The molecule has 1 aliphatic heterocycles. The Morgan fingerprint density at radius 3 is 2.41 bits per heavy atom. The number of hydrogen-bond acceptors (Lipinski definition) is 4. The molecule has 27 heavy (non-hydrogen) atoms. The first kappa shape index (κ1) is 19.1. The minimum Gasteiger partial charge on any atom is -0.481 e. The molecule has 2 aromatic carbocycles. The van der Waals surface area contributed by atoms with E-state index in [0.717, 1.165) is 9.87 Å². The number of carboxylic acid groups (broad SMARTS) is 1. The molecule has 0 saturated heterocycles. The minimum atomic E-state index is -3.79. The Balaban J connectivity index is 1.78. The van der Waals surface area contributed by atoms with Crippen LogP contribution in [0.25, 0.3) is 0 Å². The molecule has 1 N–H and O–H groups in total. The SMILES string of the molecule is CN(CC(=O)N1Cc2ccccc2C(C(=O)O)C1)S(=O)(=O)c1ccccc1. The second-order valence-corrected chi connectivity index (χ2v) is 8.48. The van der Waals surface area contributed by atoms with E-state index in [1.165, 1.54) is 24.1 Å². The van der Waals surface area contributed by atoms with Crippen molar-refractivity contribution < 1.29 is 23.1 Å². The van der Waals surface area contributed by atoms with Gasteiger partial charge in [0.15, 0.2) is 0 Å². The Hall–Kier alpha value is -2.71. The highest BCUT2D eigenvalue weighted by Crippen LogP contribution is 2.28. The molecule has 0 spiro atoms. The van der Waals surface area contributed by atoms with Crippen LogP contribution in [0.15, 0.2) is 59.5 Å². The number of amides is 1. The molecular weight excluding hydrogens is 368 g/mol. The van der Waals surface area contributed by atoms with E-state index in [9.17, 15) is 23.1 Å². The zero-order valence-corrected chi connectivity index (χ0v) is 15.6. The number of carboxylic acids is 1. The van der Waals surface area contributed by atoms with Crippen molar-refractivity contribution in [2.75, 3.05) is 20.1 Å². The molecule has 0 bridgehead atoms. The van der Waals surface area contributed by atoms with Gasteiger partial charge in [0.1, 0.15) is 0 Å². The molecule has 0 saturated carbocycles. The van der Waals surface area contributed by atoms with Gasteiger partial charge in [0.25, 0.3) is 0 Å². The summed E-state index contributed by atoms with van der Waals surface area (Å²) in [5.74, 6) is -2.27. The average Bonchev–Trinajstić information content (AvgIpc) is 2.67. The molecule has 0 radical (unpaired) electrons. The van der Waals surface area contributed by atoms with Crippen LogP contribution in [0.4, 0.5) is 0 Å². The number of carbonyl (C=O) groups is 2. The van der Waals surface area contributed by atoms with E-state index in [4.69, 9.17) is 0 Å². The lowest BCUT2D eigenvalue weighted by molar-refractivity contribution is -0.141. The Labute approximate surface area is 157 Å². The Morgan fingerprint density at radius 2 is 1.74 bits per heavy atom. The molecule has 3 rings (SSSR count). The normalized spacial score (nSPS) is 16.8. The van der Waals surface area contributed by atoms with Crippen molar-refractivity contribution in [1.82, 2.24) is 9.21 Å². The summed E-state index contributed by atoms with van der Waals surface area (Å²) in [4.78, 5) is 25.8. The van der Waals surface area contributed by atoms with Gasteiger partial charge in [0, 0.05) is 20.1 Å². The number of aliphatic carboxylic acids is 1. The summed E-state index contributed by atoms with van der Waals surface area (Å²) >= 11 is 0. The molecule has 2 aromatic rings. The number of hydrogen-bond donors (Lipinski definition) is 1. The van der Waals surface area contributed by atoms with Crippen molar-refractivity contribution in [2.45, 2.75) is 17.4 Å². The van der Waals surface area contributed by atoms with E-state index in [1.54, 1.807) is 42.5 Å². The van der Waals surface area contributed by atoms with Crippen LogP contribution in [-0.2, 0) is 26.2 Å². The molecule has 1 amide bonds. The van der Waals surface area contributed by atoms with Crippen LogP contribution in [0.3, 0.4) is 0 Å². The summed E-state index contributed by atoms with van der Waals surface area (Å²) in [6.07, 6.45) is 0. The van der Waals surface area contributed by atoms with Gasteiger partial charge in [-0.1, -0.05) is 42.5 Å². The van der Waals surface area contributed by atoms with Crippen molar-refractivity contribution in [3.63, 3.8) is 0 Å². The van der Waals surface area contributed by atoms with Crippen LogP contribution in [0.1, 0.15) is 17.0 Å². The van der Waals surface area contributed by atoms with Crippen molar-refractivity contribution in [3.05, 3.63) is 65.7 Å². The van der Waals surface area contributed by atoms with Gasteiger partial charge in [-0.2, -0.15) is 4.31 Å². The highest BCUT2D eigenvalue weighted by Gasteiger charge is 2.33. The minimum absolute atomic E-state index is 0.0183. The van der Waals surface area contributed by atoms with Crippen LogP contribution in [-0.4, -0.2) is 54.7 Å². The number of fused-ring (bicyclic) bond motifs is 1. The van der Waals surface area contributed by atoms with E-state index >= 15 is 0 Å². The standard InChI is InChI=1S/C19H20N2O5S/c1-20(27(25,26)15-8-3-2-4-9-15)13-18(22)21-11-14-7-5-6-10-16(14)17(12-21)19(23)24/h2-10,17H,11-13H2,1H3,(H,23,24). The van der Waals surface area contributed by atoms with Crippen LogP contribution in [0, 0.1) is 0 Å². The smallest absolute Gasteiger partial charge is 0.312 e. The van der Waals surface area contributed by atoms with E-state index in [-0.39, 0.29) is 24.5 Å². The van der Waals surface area contributed by atoms with E-state index in [2.05, 4.69) is 0 Å². The first-order chi connectivity index (χ1) is 12.8. The Kier molecular flexibility index (Phi) is 5.29. The second kappa shape index (κ2) is 7.50. The van der Waals surface area contributed by atoms with E-state index in [0.29, 0.717) is 5.56 Å². The van der Waals surface area contributed by atoms with Crippen LogP contribution >= 0.6 is 0 Å². The maximum absolute atomic E-state index is 12.7. The highest BCUT2D eigenvalue weighted by atomic mass is 32.2. The predicted octanol–water partition coefficient (Wildman–Crippen LogP) is 1.52. The van der Waals surface area contributed by atoms with E-state index < -0.39 is 27.8 Å². The molecule has 1 aliphatic rings. The third-order valence-electron chi connectivity index (χ3n) is 4.65. The van der Waals surface area contributed by atoms with E-state index in [1.807, 2.05) is 0 Å². The summed E-state index contributed by atoms with van der Waals surface area (Å²) in [6.45, 7) is -0.0752. The third kappa shape index (κ3) is 3.86. The predicted molar refractivity (Wildman–Crippen MR) is 98.5 cm³/mol. The number of carbonyl (C=O) groups excluding carboxylic acids is 1. The van der Waals surface area contributed by atoms with Gasteiger partial charge in [-0.05, 0) is 23.3 Å².